The molecule has 0 aromatic carbocycles. The zero-order chi connectivity index (χ0) is 16.6. The molecule has 126 valence electrons. The third kappa shape index (κ3) is 2.67. The van der Waals surface area contributed by atoms with Gasteiger partial charge in [0.2, 0.25) is 0 Å². The predicted molar refractivity (Wildman–Crippen MR) is 97.4 cm³/mol. The van der Waals surface area contributed by atoms with Crippen LogP contribution in [-0.4, -0.2) is 32.5 Å². The molecule has 1 saturated heterocycles. The fourth-order valence-corrected chi connectivity index (χ4v) is 4.13. The van der Waals surface area contributed by atoms with Gasteiger partial charge >= 0.3 is 0 Å². The molecule has 4 heterocycles. The van der Waals surface area contributed by atoms with E-state index in [1.807, 2.05) is 24.4 Å². The van der Waals surface area contributed by atoms with E-state index in [2.05, 4.69) is 36.2 Å². The number of aromatic nitrogens is 4. The number of anilines is 2. The quantitative estimate of drug-likeness (QED) is 0.792. The molecule has 2 fully saturated rings. The van der Waals surface area contributed by atoms with Crippen molar-refractivity contribution in [3.05, 3.63) is 48.7 Å². The third-order valence-electron chi connectivity index (χ3n) is 5.37. The molecule has 1 saturated carbocycles. The molecule has 0 amide bonds. The summed E-state index contributed by atoms with van der Waals surface area (Å²) < 4.78 is 0. The van der Waals surface area contributed by atoms with Crippen molar-refractivity contribution in [1.82, 2.24) is 19.9 Å². The van der Waals surface area contributed by atoms with Crippen LogP contribution in [0, 0.1) is 5.92 Å². The lowest BCUT2D eigenvalue weighted by Gasteiger charge is -2.28. The van der Waals surface area contributed by atoms with Gasteiger partial charge in [-0.25, -0.2) is 15.0 Å². The molecule has 1 aliphatic heterocycles. The summed E-state index contributed by atoms with van der Waals surface area (Å²) in [6.45, 7) is 1.77. The Kier molecular flexibility index (Phi) is 3.47. The van der Waals surface area contributed by atoms with E-state index in [-0.39, 0.29) is 0 Å². The Labute approximate surface area is 146 Å². The molecule has 1 aliphatic carbocycles. The number of rotatable bonds is 4. The van der Waals surface area contributed by atoms with E-state index in [0.717, 1.165) is 40.7 Å². The van der Waals surface area contributed by atoms with Crippen molar-refractivity contribution in [2.75, 3.05) is 16.8 Å². The van der Waals surface area contributed by atoms with Crippen molar-refractivity contribution >= 4 is 22.5 Å². The molecule has 2 bridgehead atoms. The Bertz CT molecular complexity index is 897. The number of pyridine rings is 2. The lowest BCUT2D eigenvalue weighted by molar-refractivity contribution is 0.550. The zero-order valence-corrected chi connectivity index (χ0v) is 14.0. The lowest BCUT2D eigenvalue weighted by Crippen LogP contribution is -2.32. The minimum atomic E-state index is 0.638. The average Bonchev–Trinajstić information content (AvgIpc) is 3.30. The van der Waals surface area contributed by atoms with Crippen molar-refractivity contribution in [2.24, 2.45) is 5.92 Å². The summed E-state index contributed by atoms with van der Waals surface area (Å²) in [7, 11) is 0. The molecule has 0 radical (unpaired) electrons. The summed E-state index contributed by atoms with van der Waals surface area (Å²) >= 11 is 0. The largest absolute Gasteiger partial charge is 0.364 e. The molecule has 0 spiro atoms. The minimum Gasteiger partial charge on any atom is -0.364 e. The van der Waals surface area contributed by atoms with Crippen molar-refractivity contribution < 1.29 is 0 Å². The maximum Gasteiger partial charge on any atom is 0.137 e. The highest BCUT2D eigenvalue weighted by Gasteiger charge is 2.38. The first-order valence-corrected chi connectivity index (χ1v) is 8.88. The van der Waals surface area contributed by atoms with E-state index in [0.29, 0.717) is 12.6 Å². The van der Waals surface area contributed by atoms with Crippen LogP contribution in [0.4, 0.5) is 11.6 Å². The second-order valence-electron chi connectivity index (χ2n) is 6.94. The second kappa shape index (κ2) is 5.95. The molecule has 3 aromatic rings. The summed E-state index contributed by atoms with van der Waals surface area (Å²) in [6.07, 6.45) is 9.23. The molecule has 2 aliphatic rings. The van der Waals surface area contributed by atoms with Crippen LogP contribution in [0.5, 0.6) is 0 Å². The van der Waals surface area contributed by atoms with Gasteiger partial charge in [0.15, 0.2) is 0 Å². The second-order valence-corrected chi connectivity index (χ2v) is 6.94. The molecule has 5 rings (SSSR count). The summed E-state index contributed by atoms with van der Waals surface area (Å²) in [5.74, 6) is 2.73. The van der Waals surface area contributed by atoms with E-state index in [1.54, 1.807) is 12.5 Å². The van der Waals surface area contributed by atoms with E-state index in [4.69, 9.17) is 0 Å². The van der Waals surface area contributed by atoms with Gasteiger partial charge in [0.05, 0.1) is 24.0 Å². The Balaban J connectivity index is 1.45. The number of fused-ring (bicyclic) bond motifs is 3. The molecular formula is C19H20N6. The summed E-state index contributed by atoms with van der Waals surface area (Å²) in [5, 5.41) is 4.42. The normalized spacial score (nSPS) is 21.8. The van der Waals surface area contributed by atoms with E-state index in [9.17, 15) is 0 Å². The smallest absolute Gasteiger partial charge is 0.137 e. The fourth-order valence-electron chi connectivity index (χ4n) is 4.13. The van der Waals surface area contributed by atoms with Gasteiger partial charge in [0, 0.05) is 24.2 Å². The van der Waals surface area contributed by atoms with Gasteiger partial charge in [0.1, 0.15) is 18.0 Å². The Morgan fingerprint density at radius 3 is 2.92 bits per heavy atom. The number of piperidine rings is 1. The Morgan fingerprint density at radius 1 is 1.12 bits per heavy atom. The van der Waals surface area contributed by atoms with E-state index in [1.165, 1.54) is 19.3 Å². The monoisotopic (exact) mass is 332 g/mol. The van der Waals surface area contributed by atoms with Gasteiger partial charge in [0.25, 0.3) is 0 Å². The van der Waals surface area contributed by atoms with Crippen LogP contribution in [0.3, 0.4) is 0 Å². The SMILES string of the molecule is c1ccc(CNc2ncnc3cnc(N4C[C@@H]5CC[C@H]4C5)cc23)nc1. The highest BCUT2D eigenvalue weighted by Crippen LogP contribution is 2.40. The first-order chi connectivity index (χ1) is 12.4. The number of hydrogen-bond acceptors (Lipinski definition) is 6. The highest BCUT2D eigenvalue weighted by molar-refractivity contribution is 5.90. The van der Waals surface area contributed by atoms with Gasteiger partial charge in [-0.3, -0.25) is 4.98 Å². The fraction of sp³-hybridized carbons (Fsp3) is 0.368. The van der Waals surface area contributed by atoms with Crippen LogP contribution in [0.1, 0.15) is 25.0 Å². The summed E-state index contributed by atoms with van der Waals surface area (Å²) in [4.78, 5) is 20.3. The number of nitrogens with one attached hydrogen (secondary N) is 1. The minimum absolute atomic E-state index is 0.638. The average molecular weight is 332 g/mol. The molecular weight excluding hydrogens is 312 g/mol. The highest BCUT2D eigenvalue weighted by atomic mass is 15.2. The van der Waals surface area contributed by atoms with Gasteiger partial charge in [-0.15, -0.1) is 0 Å². The van der Waals surface area contributed by atoms with Crippen molar-refractivity contribution in [3.63, 3.8) is 0 Å². The standard InChI is InChI=1S/C19H20N6/c1-2-6-20-14(3-1)9-22-19-16-8-18(21-10-17(16)23-12-24-19)25-11-13-4-5-15(25)7-13/h1-3,6,8,10,12-13,15H,4-5,7,9,11H2,(H,22,23,24)/t13-,15+/m1/s1. The van der Waals surface area contributed by atoms with Crippen molar-refractivity contribution in [1.29, 1.82) is 0 Å². The van der Waals surface area contributed by atoms with Crippen LogP contribution >= 0.6 is 0 Å². The zero-order valence-electron chi connectivity index (χ0n) is 14.0. The first kappa shape index (κ1) is 14.6. The van der Waals surface area contributed by atoms with Crippen LogP contribution in [0.15, 0.2) is 43.0 Å². The molecule has 25 heavy (non-hydrogen) atoms. The maximum absolute atomic E-state index is 4.66. The van der Waals surface area contributed by atoms with Gasteiger partial charge in [-0.1, -0.05) is 6.07 Å². The van der Waals surface area contributed by atoms with E-state index < -0.39 is 0 Å². The molecule has 1 N–H and O–H groups in total. The first-order valence-electron chi connectivity index (χ1n) is 8.88. The number of hydrogen-bond donors (Lipinski definition) is 1. The third-order valence-corrected chi connectivity index (χ3v) is 5.37. The van der Waals surface area contributed by atoms with Crippen LogP contribution in [0.25, 0.3) is 10.9 Å². The maximum atomic E-state index is 4.66. The van der Waals surface area contributed by atoms with Crippen molar-refractivity contribution in [3.8, 4) is 0 Å². The Morgan fingerprint density at radius 2 is 2.12 bits per heavy atom. The Hall–Kier alpha value is -2.76. The van der Waals surface area contributed by atoms with Crippen LogP contribution < -0.4 is 10.2 Å². The van der Waals surface area contributed by atoms with Gasteiger partial charge in [-0.2, -0.15) is 0 Å². The molecule has 2 atom stereocenters. The van der Waals surface area contributed by atoms with Crippen LogP contribution in [-0.2, 0) is 6.54 Å². The summed E-state index contributed by atoms with van der Waals surface area (Å²) in [5.41, 5.74) is 1.85. The number of nitrogens with zero attached hydrogens (tertiary/aromatic N) is 5. The summed E-state index contributed by atoms with van der Waals surface area (Å²) in [6, 6.07) is 8.71. The molecule has 3 aromatic heterocycles. The lowest BCUT2D eigenvalue weighted by atomic mass is 10.1. The van der Waals surface area contributed by atoms with E-state index >= 15 is 0 Å². The molecule has 6 nitrogen and oxygen atoms in total. The van der Waals surface area contributed by atoms with Crippen LogP contribution in [0.2, 0.25) is 0 Å². The van der Waals surface area contributed by atoms with Gasteiger partial charge < -0.3 is 10.2 Å². The molecule has 6 heteroatoms. The topological polar surface area (TPSA) is 66.8 Å². The predicted octanol–water partition coefficient (Wildman–Crippen LogP) is 3.02. The molecule has 0 unspecified atom stereocenters. The van der Waals surface area contributed by atoms with Crippen molar-refractivity contribution in [2.45, 2.75) is 31.8 Å². The van der Waals surface area contributed by atoms with Gasteiger partial charge in [-0.05, 0) is 43.4 Å².